The number of nitriles is 1. The number of hydrogen-bond acceptors (Lipinski definition) is 5. The van der Waals surface area contributed by atoms with Gasteiger partial charge in [-0.2, -0.15) is 5.26 Å². The van der Waals surface area contributed by atoms with Crippen LogP contribution in [0.4, 0.5) is 5.95 Å². The van der Waals surface area contributed by atoms with Crippen molar-refractivity contribution in [3.05, 3.63) is 18.0 Å². The van der Waals surface area contributed by atoms with Gasteiger partial charge in [0.05, 0.1) is 12.6 Å². The lowest BCUT2D eigenvalue weighted by Gasteiger charge is -2.27. The number of hydrogen-bond donors (Lipinski definition) is 0. The van der Waals surface area contributed by atoms with Crippen molar-refractivity contribution in [2.24, 2.45) is 0 Å². The highest BCUT2D eigenvalue weighted by molar-refractivity contribution is 5.34. The standard InChI is InChI=1S/C11H16N4O/c1-4-15(9(2)8-16-3)11-13-6-5-10(7-12)14-11/h5-6,9H,4,8H2,1-3H3. The number of anilines is 1. The second-order valence-corrected chi connectivity index (χ2v) is 3.44. The molecule has 0 amide bonds. The fourth-order valence-electron chi connectivity index (χ4n) is 1.53. The van der Waals surface area contributed by atoms with Crippen molar-refractivity contribution in [2.75, 3.05) is 25.2 Å². The summed E-state index contributed by atoms with van der Waals surface area (Å²) in [5.41, 5.74) is 0.382. The summed E-state index contributed by atoms with van der Waals surface area (Å²) in [6.45, 7) is 5.44. The largest absolute Gasteiger partial charge is 0.383 e. The highest BCUT2D eigenvalue weighted by Gasteiger charge is 2.15. The van der Waals surface area contributed by atoms with E-state index in [0.717, 1.165) is 6.54 Å². The fraction of sp³-hybridized carbons (Fsp3) is 0.545. The third kappa shape index (κ3) is 2.91. The van der Waals surface area contributed by atoms with Crippen molar-refractivity contribution in [3.8, 4) is 6.07 Å². The summed E-state index contributed by atoms with van der Waals surface area (Å²) in [7, 11) is 1.66. The maximum absolute atomic E-state index is 8.78. The van der Waals surface area contributed by atoms with Crippen LogP contribution in [0, 0.1) is 11.3 Å². The third-order valence-electron chi connectivity index (χ3n) is 2.29. The van der Waals surface area contributed by atoms with Crippen LogP contribution in [-0.4, -0.2) is 36.3 Å². The first kappa shape index (κ1) is 12.4. The molecule has 0 saturated heterocycles. The summed E-state index contributed by atoms with van der Waals surface area (Å²) < 4.78 is 5.10. The van der Waals surface area contributed by atoms with Crippen LogP contribution in [0.1, 0.15) is 19.5 Å². The topological polar surface area (TPSA) is 62.0 Å². The van der Waals surface area contributed by atoms with Crippen molar-refractivity contribution < 1.29 is 4.74 Å². The zero-order valence-electron chi connectivity index (χ0n) is 9.84. The minimum absolute atomic E-state index is 0.184. The maximum atomic E-state index is 8.78. The zero-order valence-corrected chi connectivity index (χ0v) is 9.84. The fourth-order valence-corrected chi connectivity index (χ4v) is 1.53. The molecule has 0 radical (unpaired) electrons. The summed E-state index contributed by atoms with van der Waals surface area (Å²) in [4.78, 5) is 10.3. The smallest absolute Gasteiger partial charge is 0.226 e. The molecule has 5 heteroatoms. The van der Waals surface area contributed by atoms with E-state index >= 15 is 0 Å². The van der Waals surface area contributed by atoms with Gasteiger partial charge in [-0.25, -0.2) is 9.97 Å². The lowest BCUT2D eigenvalue weighted by atomic mass is 10.3. The van der Waals surface area contributed by atoms with Gasteiger partial charge >= 0.3 is 0 Å². The van der Waals surface area contributed by atoms with Crippen LogP contribution in [0.2, 0.25) is 0 Å². The van der Waals surface area contributed by atoms with Gasteiger partial charge in [0.2, 0.25) is 5.95 Å². The average molecular weight is 220 g/mol. The Morgan fingerprint density at radius 2 is 2.38 bits per heavy atom. The first-order valence-corrected chi connectivity index (χ1v) is 5.21. The lowest BCUT2D eigenvalue weighted by molar-refractivity contribution is 0.181. The monoisotopic (exact) mass is 220 g/mol. The van der Waals surface area contributed by atoms with Crippen LogP contribution in [-0.2, 0) is 4.74 Å². The van der Waals surface area contributed by atoms with E-state index in [9.17, 15) is 0 Å². The number of ether oxygens (including phenoxy) is 1. The summed E-state index contributed by atoms with van der Waals surface area (Å²) in [5, 5.41) is 8.78. The number of rotatable bonds is 5. The Morgan fingerprint density at radius 1 is 1.62 bits per heavy atom. The van der Waals surface area contributed by atoms with E-state index in [1.54, 1.807) is 19.4 Å². The minimum atomic E-state index is 0.184. The average Bonchev–Trinajstić information content (AvgIpc) is 2.31. The molecule has 1 aromatic rings. The molecule has 0 aromatic carbocycles. The molecule has 0 spiro atoms. The van der Waals surface area contributed by atoms with Crippen LogP contribution in [0.15, 0.2) is 12.3 Å². The Morgan fingerprint density at radius 3 is 2.94 bits per heavy atom. The molecule has 1 atom stereocenters. The Labute approximate surface area is 95.7 Å². The van der Waals surface area contributed by atoms with Crippen molar-refractivity contribution in [3.63, 3.8) is 0 Å². The number of likely N-dealkylation sites (N-methyl/N-ethyl adjacent to an activating group) is 1. The maximum Gasteiger partial charge on any atom is 0.226 e. The second kappa shape index (κ2) is 6.03. The predicted molar refractivity (Wildman–Crippen MR) is 61.1 cm³/mol. The van der Waals surface area contributed by atoms with E-state index in [4.69, 9.17) is 10.00 Å². The van der Waals surface area contributed by atoms with Crippen LogP contribution in [0.5, 0.6) is 0 Å². The molecular formula is C11H16N4O. The zero-order chi connectivity index (χ0) is 12.0. The van der Waals surface area contributed by atoms with E-state index in [1.165, 1.54) is 0 Å². The number of nitrogens with zero attached hydrogens (tertiary/aromatic N) is 4. The molecule has 0 bridgehead atoms. The van der Waals surface area contributed by atoms with Crippen molar-refractivity contribution in [2.45, 2.75) is 19.9 Å². The SMILES string of the molecule is CCN(c1nccc(C#N)n1)C(C)COC. The summed E-state index contributed by atoms with van der Waals surface area (Å²) in [6, 6.07) is 3.79. The number of methoxy groups -OCH3 is 1. The molecule has 0 saturated carbocycles. The first-order valence-electron chi connectivity index (χ1n) is 5.21. The molecule has 16 heavy (non-hydrogen) atoms. The van der Waals surface area contributed by atoms with Gasteiger partial charge in [0, 0.05) is 19.9 Å². The summed E-state index contributed by atoms with van der Waals surface area (Å²) in [5.74, 6) is 0.575. The molecule has 0 aliphatic carbocycles. The van der Waals surface area contributed by atoms with E-state index in [2.05, 4.69) is 9.97 Å². The van der Waals surface area contributed by atoms with Crippen LogP contribution >= 0.6 is 0 Å². The highest BCUT2D eigenvalue weighted by atomic mass is 16.5. The van der Waals surface area contributed by atoms with Gasteiger partial charge in [-0.3, -0.25) is 0 Å². The molecule has 1 rings (SSSR count). The quantitative estimate of drug-likeness (QED) is 0.746. The van der Waals surface area contributed by atoms with E-state index in [-0.39, 0.29) is 6.04 Å². The predicted octanol–water partition coefficient (Wildman–Crippen LogP) is 1.21. The highest BCUT2D eigenvalue weighted by Crippen LogP contribution is 2.11. The first-order chi connectivity index (χ1) is 7.72. The Balaban J connectivity index is 2.90. The van der Waals surface area contributed by atoms with Gasteiger partial charge in [0.25, 0.3) is 0 Å². The lowest BCUT2D eigenvalue weighted by Crippen LogP contribution is -2.37. The van der Waals surface area contributed by atoms with Crippen molar-refractivity contribution >= 4 is 5.95 Å². The van der Waals surface area contributed by atoms with Gasteiger partial charge in [-0.15, -0.1) is 0 Å². The van der Waals surface area contributed by atoms with E-state index < -0.39 is 0 Å². The molecule has 86 valence electrons. The van der Waals surface area contributed by atoms with Crippen LogP contribution in [0.25, 0.3) is 0 Å². The van der Waals surface area contributed by atoms with Gasteiger partial charge in [0.1, 0.15) is 11.8 Å². The van der Waals surface area contributed by atoms with Gasteiger partial charge in [-0.1, -0.05) is 0 Å². The molecule has 1 unspecified atom stereocenters. The second-order valence-electron chi connectivity index (χ2n) is 3.44. The molecule has 0 aliphatic heterocycles. The molecule has 1 aromatic heterocycles. The molecule has 5 nitrogen and oxygen atoms in total. The van der Waals surface area contributed by atoms with E-state index in [1.807, 2.05) is 24.8 Å². The molecular weight excluding hydrogens is 204 g/mol. The Kier molecular flexibility index (Phi) is 4.67. The summed E-state index contributed by atoms with van der Waals surface area (Å²) >= 11 is 0. The van der Waals surface area contributed by atoms with Crippen molar-refractivity contribution in [1.82, 2.24) is 9.97 Å². The van der Waals surface area contributed by atoms with Gasteiger partial charge < -0.3 is 9.64 Å². The molecule has 0 aliphatic rings. The number of aromatic nitrogens is 2. The summed E-state index contributed by atoms with van der Waals surface area (Å²) in [6.07, 6.45) is 1.60. The van der Waals surface area contributed by atoms with Crippen LogP contribution < -0.4 is 4.90 Å². The Hall–Kier alpha value is -1.67. The molecule has 1 heterocycles. The molecule has 0 N–H and O–H groups in total. The van der Waals surface area contributed by atoms with Gasteiger partial charge in [0.15, 0.2) is 0 Å². The van der Waals surface area contributed by atoms with E-state index in [0.29, 0.717) is 18.2 Å². The van der Waals surface area contributed by atoms with Gasteiger partial charge in [-0.05, 0) is 19.9 Å². The minimum Gasteiger partial charge on any atom is -0.383 e. The van der Waals surface area contributed by atoms with Crippen LogP contribution in [0.3, 0.4) is 0 Å². The Bertz CT molecular complexity index is 374. The third-order valence-corrected chi connectivity index (χ3v) is 2.29. The normalized spacial score (nSPS) is 11.9. The van der Waals surface area contributed by atoms with Crippen molar-refractivity contribution in [1.29, 1.82) is 5.26 Å². The molecule has 0 fully saturated rings.